The van der Waals surface area contributed by atoms with Gasteiger partial charge in [-0.3, -0.25) is 0 Å². The molecular weight excluding hydrogens is 172 g/mol. The highest BCUT2D eigenvalue weighted by molar-refractivity contribution is 5.13. The summed E-state index contributed by atoms with van der Waals surface area (Å²) in [5.41, 5.74) is 1.22. The van der Waals surface area contributed by atoms with E-state index < -0.39 is 0 Å². The minimum Gasteiger partial charge on any atom is -0.369 e. The zero-order valence-electron chi connectivity index (χ0n) is 8.78. The van der Waals surface area contributed by atoms with Gasteiger partial charge >= 0.3 is 0 Å². The highest BCUT2D eigenvalue weighted by atomic mass is 16.5. The lowest BCUT2D eigenvalue weighted by atomic mass is 10.2. The molecular formula is C13H18O. The summed E-state index contributed by atoms with van der Waals surface area (Å²) in [7, 11) is 0. The van der Waals surface area contributed by atoms with E-state index in [1.807, 2.05) is 24.3 Å². The highest BCUT2D eigenvalue weighted by Crippen LogP contribution is 2.07. The van der Waals surface area contributed by atoms with Crippen LogP contribution in [0.3, 0.4) is 0 Å². The Hall–Kier alpha value is -1.08. The smallest absolute Gasteiger partial charge is 0.0757 e. The summed E-state index contributed by atoms with van der Waals surface area (Å²) in [6.07, 6.45) is 4.26. The van der Waals surface area contributed by atoms with Crippen LogP contribution in [-0.4, -0.2) is 6.10 Å². The zero-order chi connectivity index (χ0) is 10.2. The minimum absolute atomic E-state index is 0.195. The van der Waals surface area contributed by atoms with E-state index in [0.717, 1.165) is 12.8 Å². The summed E-state index contributed by atoms with van der Waals surface area (Å²) in [4.78, 5) is 0. The highest BCUT2D eigenvalue weighted by Gasteiger charge is 2.02. The van der Waals surface area contributed by atoms with Crippen LogP contribution in [0.2, 0.25) is 0 Å². The normalized spacial score (nSPS) is 12.4. The molecule has 1 heteroatoms. The number of hydrogen-bond donors (Lipinski definition) is 0. The second kappa shape index (κ2) is 6.39. The summed E-state index contributed by atoms with van der Waals surface area (Å²) in [5, 5.41) is 0. The molecule has 0 N–H and O–H groups in total. The largest absolute Gasteiger partial charge is 0.369 e. The quantitative estimate of drug-likeness (QED) is 0.623. The van der Waals surface area contributed by atoms with Crippen LogP contribution in [0.1, 0.15) is 25.3 Å². The van der Waals surface area contributed by atoms with Crippen molar-refractivity contribution in [3.05, 3.63) is 48.6 Å². The van der Waals surface area contributed by atoms with Gasteiger partial charge in [0, 0.05) is 0 Å². The Morgan fingerprint density at radius 3 is 2.64 bits per heavy atom. The van der Waals surface area contributed by atoms with Crippen LogP contribution in [0.4, 0.5) is 0 Å². The topological polar surface area (TPSA) is 9.23 Å². The SMILES string of the molecule is C=C[C@H](CCC)OCc1ccccc1. The van der Waals surface area contributed by atoms with Crippen LogP contribution < -0.4 is 0 Å². The molecule has 0 bridgehead atoms. The van der Waals surface area contributed by atoms with E-state index in [1.54, 1.807) is 0 Å². The molecule has 0 spiro atoms. The second-order valence-corrected chi connectivity index (χ2v) is 3.36. The molecule has 0 aliphatic heterocycles. The molecule has 0 radical (unpaired) electrons. The third kappa shape index (κ3) is 3.75. The lowest BCUT2D eigenvalue weighted by Crippen LogP contribution is -2.08. The van der Waals surface area contributed by atoms with Crippen molar-refractivity contribution in [1.82, 2.24) is 0 Å². The van der Waals surface area contributed by atoms with Crippen LogP contribution in [0.15, 0.2) is 43.0 Å². The maximum atomic E-state index is 5.70. The minimum atomic E-state index is 0.195. The van der Waals surface area contributed by atoms with Crippen molar-refractivity contribution in [3.63, 3.8) is 0 Å². The van der Waals surface area contributed by atoms with E-state index in [2.05, 4.69) is 25.6 Å². The van der Waals surface area contributed by atoms with Gasteiger partial charge in [0.1, 0.15) is 0 Å². The van der Waals surface area contributed by atoms with Crippen molar-refractivity contribution in [1.29, 1.82) is 0 Å². The van der Waals surface area contributed by atoms with Gasteiger partial charge in [0.2, 0.25) is 0 Å². The second-order valence-electron chi connectivity index (χ2n) is 3.36. The molecule has 0 saturated heterocycles. The Kier molecular flexibility index (Phi) is 5.02. The summed E-state index contributed by atoms with van der Waals surface area (Å²) in [6, 6.07) is 10.2. The first-order chi connectivity index (χ1) is 6.86. The van der Waals surface area contributed by atoms with E-state index >= 15 is 0 Å². The molecule has 0 saturated carbocycles. The van der Waals surface area contributed by atoms with Crippen LogP contribution in [-0.2, 0) is 11.3 Å². The van der Waals surface area contributed by atoms with E-state index in [9.17, 15) is 0 Å². The molecule has 0 unspecified atom stereocenters. The fraction of sp³-hybridized carbons (Fsp3) is 0.385. The lowest BCUT2D eigenvalue weighted by molar-refractivity contribution is 0.0663. The molecule has 14 heavy (non-hydrogen) atoms. The van der Waals surface area contributed by atoms with Gasteiger partial charge in [-0.05, 0) is 12.0 Å². The fourth-order valence-corrected chi connectivity index (χ4v) is 1.33. The van der Waals surface area contributed by atoms with Gasteiger partial charge in [-0.1, -0.05) is 49.8 Å². The molecule has 1 rings (SSSR count). The zero-order valence-corrected chi connectivity index (χ0v) is 8.78. The molecule has 1 aromatic rings. The first-order valence-electron chi connectivity index (χ1n) is 5.15. The molecule has 76 valence electrons. The summed E-state index contributed by atoms with van der Waals surface area (Å²) in [5.74, 6) is 0. The third-order valence-electron chi connectivity index (χ3n) is 2.14. The van der Waals surface area contributed by atoms with Gasteiger partial charge in [-0.2, -0.15) is 0 Å². The van der Waals surface area contributed by atoms with E-state index in [4.69, 9.17) is 4.74 Å². The van der Waals surface area contributed by atoms with Gasteiger partial charge in [-0.25, -0.2) is 0 Å². The summed E-state index contributed by atoms with van der Waals surface area (Å²) >= 11 is 0. The monoisotopic (exact) mass is 190 g/mol. The number of rotatable bonds is 6. The van der Waals surface area contributed by atoms with Gasteiger partial charge in [-0.15, -0.1) is 6.58 Å². The summed E-state index contributed by atoms with van der Waals surface area (Å²) < 4.78 is 5.70. The van der Waals surface area contributed by atoms with Gasteiger partial charge in [0.25, 0.3) is 0 Å². The van der Waals surface area contributed by atoms with Crippen molar-refractivity contribution in [2.45, 2.75) is 32.5 Å². The number of hydrogen-bond acceptors (Lipinski definition) is 1. The van der Waals surface area contributed by atoms with Crippen LogP contribution in [0.25, 0.3) is 0 Å². The van der Waals surface area contributed by atoms with Crippen molar-refractivity contribution >= 4 is 0 Å². The fourth-order valence-electron chi connectivity index (χ4n) is 1.33. The maximum Gasteiger partial charge on any atom is 0.0757 e. The molecule has 0 aromatic heterocycles. The number of ether oxygens (including phenoxy) is 1. The van der Waals surface area contributed by atoms with Crippen molar-refractivity contribution in [2.75, 3.05) is 0 Å². The molecule has 0 amide bonds. The first kappa shape index (κ1) is 11.0. The van der Waals surface area contributed by atoms with Crippen LogP contribution in [0.5, 0.6) is 0 Å². The predicted molar refractivity (Wildman–Crippen MR) is 60.1 cm³/mol. The molecule has 1 nitrogen and oxygen atoms in total. The van der Waals surface area contributed by atoms with Crippen molar-refractivity contribution in [3.8, 4) is 0 Å². The standard InChI is InChI=1S/C13H18O/c1-3-8-13(4-2)14-11-12-9-6-5-7-10-12/h4-7,9-10,13H,2-3,8,11H2,1H3/t13-/m1/s1. The number of benzene rings is 1. The van der Waals surface area contributed by atoms with Crippen LogP contribution in [0, 0.1) is 0 Å². The lowest BCUT2D eigenvalue weighted by Gasteiger charge is -2.12. The van der Waals surface area contributed by atoms with Gasteiger partial charge in [0.15, 0.2) is 0 Å². The average Bonchev–Trinajstić information content (AvgIpc) is 2.25. The third-order valence-corrected chi connectivity index (χ3v) is 2.14. The van der Waals surface area contributed by atoms with E-state index in [1.165, 1.54) is 5.56 Å². The van der Waals surface area contributed by atoms with Crippen LogP contribution >= 0.6 is 0 Å². The Balaban J connectivity index is 2.35. The van der Waals surface area contributed by atoms with Crippen molar-refractivity contribution in [2.24, 2.45) is 0 Å². The first-order valence-corrected chi connectivity index (χ1v) is 5.15. The van der Waals surface area contributed by atoms with E-state index in [-0.39, 0.29) is 6.10 Å². The Labute approximate surface area is 86.4 Å². The molecule has 0 fully saturated rings. The Bertz CT molecular complexity index is 253. The predicted octanol–water partition coefficient (Wildman–Crippen LogP) is 3.56. The molecule has 1 atom stereocenters. The maximum absolute atomic E-state index is 5.70. The molecule has 0 aliphatic carbocycles. The van der Waals surface area contributed by atoms with Gasteiger partial charge < -0.3 is 4.74 Å². The Morgan fingerprint density at radius 2 is 2.07 bits per heavy atom. The molecule has 1 aromatic carbocycles. The average molecular weight is 190 g/mol. The van der Waals surface area contributed by atoms with Crippen molar-refractivity contribution < 1.29 is 4.74 Å². The molecule has 0 heterocycles. The van der Waals surface area contributed by atoms with Gasteiger partial charge in [0.05, 0.1) is 12.7 Å². The Morgan fingerprint density at radius 1 is 1.36 bits per heavy atom. The van der Waals surface area contributed by atoms with E-state index in [0.29, 0.717) is 6.61 Å². The molecule has 0 aliphatic rings. The summed E-state index contributed by atoms with van der Waals surface area (Å²) in [6.45, 7) is 6.60.